The van der Waals surface area contributed by atoms with Crippen LogP contribution in [-0.2, 0) is 12.7 Å². The first-order valence-corrected chi connectivity index (χ1v) is 10.0. The highest BCUT2D eigenvalue weighted by Crippen LogP contribution is 2.34. The first-order chi connectivity index (χ1) is 16.2. The minimum Gasteiger partial charge on any atom is -0.454 e. The predicted octanol–water partition coefficient (Wildman–Crippen LogP) is 6.83. The van der Waals surface area contributed by atoms with Crippen LogP contribution in [0.5, 0.6) is 0 Å². The number of nitrogens with zero attached hydrogens (tertiary/aromatic N) is 2. The fourth-order valence-electron chi connectivity index (χ4n) is 3.61. The fraction of sp³-hybridized carbons (Fsp3) is 0.185. The molecule has 2 aromatic carbocycles. The monoisotopic (exact) mass is 396 g/mol. The number of rotatable bonds is 5. The molecule has 3 aromatic heterocycles. The van der Waals surface area contributed by atoms with E-state index in [9.17, 15) is 0 Å². The summed E-state index contributed by atoms with van der Waals surface area (Å²) in [5.41, 5.74) is 4.51. The molecule has 0 saturated heterocycles. The summed E-state index contributed by atoms with van der Waals surface area (Å²) in [6, 6.07) is 21.6. The van der Waals surface area contributed by atoms with Crippen LogP contribution in [0.1, 0.15) is 36.2 Å². The number of hydrogen-bond donors (Lipinski definition) is 0. The Hall–Kier alpha value is -3.46. The molecule has 0 bridgehead atoms. The van der Waals surface area contributed by atoms with Crippen LogP contribution in [0.2, 0.25) is 0 Å². The third kappa shape index (κ3) is 3.59. The van der Waals surface area contributed by atoms with Gasteiger partial charge >= 0.3 is 0 Å². The minimum atomic E-state index is -1.75. The highest BCUT2D eigenvalue weighted by Gasteiger charge is 2.15. The van der Waals surface area contributed by atoms with E-state index in [2.05, 4.69) is 9.97 Å². The average Bonchev–Trinajstić information content (AvgIpc) is 3.22. The molecule has 3 heteroatoms. The Bertz CT molecular complexity index is 1490. The van der Waals surface area contributed by atoms with Crippen LogP contribution in [0.3, 0.4) is 0 Å². The van der Waals surface area contributed by atoms with E-state index in [1.165, 1.54) is 0 Å². The molecule has 148 valence electrons. The Morgan fingerprint density at radius 3 is 2.63 bits per heavy atom. The molecule has 5 aromatic rings. The highest BCUT2D eigenvalue weighted by molar-refractivity contribution is 6.07. The first-order valence-electron chi connectivity index (χ1n) is 12.0. The molecule has 5 rings (SSSR count). The van der Waals surface area contributed by atoms with Crippen molar-refractivity contribution < 1.29 is 9.90 Å². The van der Waals surface area contributed by atoms with Gasteiger partial charge in [0.2, 0.25) is 0 Å². The Morgan fingerprint density at radius 2 is 1.80 bits per heavy atom. The molecule has 0 aliphatic rings. The van der Waals surface area contributed by atoms with E-state index in [1.807, 2.05) is 50.2 Å². The van der Waals surface area contributed by atoms with Crippen LogP contribution in [0.4, 0.5) is 0 Å². The van der Waals surface area contributed by atoms with Gasteiger partial charge in [-0.1, -0.05) is 50.2 Å². The van der Waals surface area contributed by atoms with Gasteiger partial charge in [0, 0.05) is 34.7 Å². The highest BCUT2D eigenvalue weighted by atomic mass is 16.3. The molecule has 0 fully saturated rings. The number of aromatic nitrogens is 2. The lowest BCUT2D eigenvalue weighted by atomic mass is 10.0. The number of fused-ring (bicyclic) bond motifs is 3. The molecule has 0 aliphatic carbocycles. The standard InChI is InChI=1S/C27H24N2O/c1-18(2)15-20-13-14-28-24(17-20)22-9-6-10-23-26-25(30-27(22)23)12-11-21(29-26)16-19-7-4-3-5-8-19/h3-14,17-18H,15-16H2,1-2H3/i15D2,16D2. The van der Waals surface area contributed by atoms with Crippen LogP contribution < -0.4 is 0 Å². The van der Waals surface area contributed by atoms with Crippen LogP contribution in [0, 0.1) is 5.92 Å². The van der Waals surface area contributed by atoms with Crippen molar-refractivity contribution in [2.75, 3.05) is 0 Å². The van der Waals surface area contributed by atoms with Crippen molar-refractivity contribution in [3.63, 3.8) is 0 Å². The maximum Gasteiger partial charge on any atom is 0.153 e. The Kier molecular flexibility index (Phi) is 3.75. The molecule has 0 unspecified atom stereocenters. The zero-order valence-electron chi connectivity index (χ0n) is 20.9. The second kappa shape index (κ2) is 7.75. The zero-order valence-corrected chi connectivity index (χ0v) is 16.9. The number of hydrogen-bond acceptors (Lipinski definition) is 3. The molecule has 0 saturated carbocycles. The van der Waals surface area contributed by atoms with Crippen molar-refractivity contribution >= 4 is 22.1 Å². The van der Waals surface area contributed by atoms with Crippen molar-refractivity contribution in [3.8, 4) is 11.3 Å². The summed E-state index contributed by atoms with van der Waals surface area (Å²) < 4.78 is 40.4. The number of para-hydroxylation sites is 1. The Balaban J connectivity index is 1.66. The van der Waals surface area contributed by atoms with Gasteiger partial charge in [0.25, 0.3) is 0 Å². The van der Waals surface area contributed by atoms with Crippen molar-refractivity contribution in [3.05, 3.63) is 95.8 Å². The van der Waals surface area contributed by atoms with Crippen molar-refractivity contribution in [1.29, 1.82) is 0 Å². The van der Waals surface area contributed by atoms with Gasteiger partial charge in [0.05, 0.1) is 5.69 Å². The lowest BCUT2D eigenvalue weighted by molar-refractivity contribution is 0.647. The predicted molar refractivity (Wildman–Crippen MR) is 123 cm³/mol. The van der Waals surface area contributed by atoms with Crippen molar-refractivity contribution in [2.45, 2.75) is 26.6 Å². The molecule has 3 nitrogen and oxygen atoms in total. The van der Waals surface area contributed by atoms with Gasteiger partial charge in [-0.2, -0.15) is 0 Å². The summed E-state index contributed by atoms with van der Waals surface area (Å²) in [6.45, 7) is 3.72. The SMILES string of the molecule is [2H]C([2H])(c1ccccc1)c1ccc2oc3c(-c4cc(C([2H])([2H])C(C)C)ccn4)cccc3c2n1. The number of pyridine rings is 2. The molecule has 0 aliphatic heterocycles. The molecule has 3 heterocycles. The maximum atomic E-state index is 8.67. The normalized spacial score (nSPS) is 14.5. The third-order valence-electron chi connectivity index (χ3n) is 4.88. The zero-order chi connectivity index (χ0) is 24.1. The van der Waals surface area contributed by atoms with Gasteiger partial charge < -0.3 is 4.42 Å². The average molecular weight is 397 g/mol. The maximum absolute atomic E-state index is 8.67. The molecular formula is C27H24N2O. The van der Waals surface area contributed by atoms with E-state index >= 15 is 0 Å². The van der Waals surface area contributed by atoms with Crippen LogP contribution >= 0.6 is 0 Å². The van der Waals surface area contributed by atoms with Gasteiger partial charge in [0.1, 0.15) is 11.1 Å². The summed E-state index contributed by atoms with van der Waals surface area (Å²) in [5, 5.41) is 0.761. The molecular weight excluding hydrogens is 368 g/mol. The van der Waals surface area contributed by atoms with Crippen molar-refractivity contribution in [2.24, 2.45) is 5.92 Å². The summed E-state index contributed by atoms with van der Waals surface area (Å²) in [7, 11) is 0. The summed E-state index contributed by atoms with van der Waals surface area (Å²) in [5.74, 6) is -0.188. The minimum absolute atomic E-state index is 0.188. The second-order valence-corrected chi connectivity index (χ2v) is 7.55. The summed E-state index contributed by atoms with van der Waals surface area (Å²) in [4.78, 5) is 9.17. The van der Waals surface area contributed by atoms with Crippen LogP contribution in [0.15, 0.2) is 83.4 Å². The first kappa shape index (κ1) is 14.5. The molecule has 30 heavy (non-hydrogen) atoms. The topological polar surface area (TPSA) is 38.9 Å². The number of benzene rings is 2. The number of furan rings is 1. The Labute approximate surface area is 182 Å². The lowest BCUT2D eigenvalue weighted by Gasteiger charge is -2.07. The van der Waals surface area contributed by atoms with Crippen LogP contribution in [0.25, 0.3) is 33.3 Å². The van der Waals surface area contributed by atoms with Gasteiger partial charge in [0.15, 0.2) is 5.58 Å². The van der Waals surface area contributed by atoms with Gasteiger partial charge in [-0.05, 0) is 59.8 Å². The smallest absolute Gasteiger partial charge is 0.153 e. The van der Waals surface area contributed by atoms with E-state index < -0.39 is 12.7 Å². The van der Waals surface area contributed by atoms with E-state index in [0.29, 0.717) is 39.2 Å². The fourth-order valence-corrected chi connectivity index (χ4v) is 3.61. The van der Waals surface area contributed by atoms with Crippen molar-refractivity contribution in [1.82, 2.24) is 9.97 Å². The van der Waals surface area contributed by atoms with E-state index in [0.717, 1.165) is 10.9 Å². The van der Waals surface area contributed by atoms with E-state index in [4.69, 9.17) is 9.90 Å². The van der Waals surface area contributed by atoms with Crippen LogP contribution in [-0.4, -0.2) is 9.97 Å². The van der Waals surface area contributed by atoms with Gasteiger partial charge in [-0.25, -0.2) is 4.98 Å². The van der Waals surface area contributed by atoms with Gasteiger partial charge in [-0.3, -0.25) is 4.98 Å². The molecule has 0 amide bonds. The quantitative estimate of drug-likeness (QED) is 0.327. The molecule has 0 spiro atoms. The Morgan fingerprint density at radius 1 is 0.933 bits per heavy atom. The lowest BCUT2D eigenvalue weighted by Crippen LogP contribution is -1.95. The van der Waals surface area contributed by atoms with E-state index in [1.54, 1.807) is 42.6 Å². The third-order valence-corrected chi connectivity index (χ3v) is 4.88. The van der Waals surface area contributed by atoms with E-state index in [-0.39, 0.29) is 5.92 Å². The summed E-state index contributed by atoms with van der Waals surface area (Å²) >= 11 is 0. The largest absolute Gasteiger partial charge is 0.454 e. The second-order valence-electron chi connectivity index (χ2n) is 7.55. The molecule has 0 atom stereocenters. The molecule has 0 N–H and O–H groups in total. The summed E-state index contributed by atoms with van der Waals surface area (Å²) in [6.07, 6.45) is -1.62. The van der Waals surface area contributed by atoms with Gasteiger partial charge in [-0.15, -0.1) is 0 Å². The molecule has 0 radical (unpaired) electrons.